The minimum Gasteiger partial charge on any atom is -0.466 e. The maximum Gasteiger partial charge on any atom is 0.305 e. The normalized spacial score (nSPS) is 12.4. The molecule has 0 radical (unpaired) electrons. The molecule has 0 aliphatic rings. The second-order valence-electron chi connectivity index (χ2n) is 23.2. The standard InChI is InChI=1S/C66H131NO5/c1-3-5-7-9-11-13-15-17-18-32-35-38-42-46-50-54-58-64(69)63(62-68)67-65(70)59-55-51-47-43-39-36-33-30-28-26-24-22-20-19-21-23-25-27-29-31-34-37-41-45-49-53-57-61-72-66(71)60-56-52-48-44-40-16-14-12-10-8-6-4-2/h63-64,68-69H,3-62H2,1-2H3,(H,67,70). The maximum atomic E-state index is 12.5. The predicted octanol–water partition coefficient (Wildman–Crippen LogP) is 21.0. The van der Waals surface area contributed by atoms with Crippen LogP contribution in [0.5, 0.6) is 0 Å². The van der Waals surface area contributed by atoms with E-state index < -0.39 is 12.1 Å². The lowest BCUT2D eigenvalue weighted by Gasteiger charge is -2.22. The number of carbonyl (C=O) groups excluding carboxylic acids is 2. The van der Waals surface area contributed by atoms with Gasteiger partial charge in [-0.1, -0.05) is 348 Å². The van der Waals surface area contributed by atoms with Gasteiger partial charge in [-0.3, -0.25) is 9.59 Å². The molecule has 0 spiro atoms. The fraction of sp³-hybridized carbons (Fsp3) is 0.970. The Labute approximate surface area is 451 Å². The van der Waals surface area contributed by atoms with Crippen molar-refractivity contribution in [3.8, 4) is 0 Å². The van der Waals surface area contributed by atoms with Gasteiger partial charge in [0.05, 0.1) is 25.4 Å². The van der Waals surface area contributed by atoms with Crippen molar-refractivity contribution in [1.82, 2.24) is 5.32 Å². The summed E-state index contributed by atoms with van der Waals surface area (Å²) in [7, 11) is 0. The van der Waals surface area contributed by atoms with Crippen molar-refractivity contribution in [2.24, 2.45) is 0 Å². The molecule has 0 saturated heterocycles. The number of hydrogen-bond donors (Lipinski definition) is 3. The third-order valence-corrected chi connectivity index (χ3v) is 15.9. The topological polar surface area (TPSA) is 95.9 Å². The highest BCUT2D eigenvalue weighted by molar-refractivity contribution is 5.76. The van der Waals surface area contributed by atoms with Crippen LogP contribution in [0.15, 0.2) is 0 Å². The van der Waals surface area contributed by atoms with Gasteiger partial charge in [-0.15, -0.1) is 0 Å². The monoisotopic (exact) mass is 1020 g/mol. The fourth-order valence-electron chi connectivity index (χ4n) is 10.8. The van der Waals surface area contributed by atoms with Crippen LogP contribution in [0.4, 0.5) is 0 Å². The van der Waals surface area contributed by atoms with E-state index in [1.54, 1.807) is 0 Å². The second-order valence-corrected chi connectivity index (χ2v) is 23.2. The molecule has 0 aliphatic heterocycles. The molecule has 72 heavy (non-hydrogen) atoms. The molecule has 430 valence electrons. The van der Waals surface area contributed by atoms with Gasteiger partial charge in [-0.05, 0) is 25.7 Å². The molecular weight excluding hydrogens is 887 g/mol. The first-order valence-corrected chi connectivity index (χ1v) is 33.3. The van der Waals surface area contributed by atoms with Crippen molar-refractivity contribution >= 4 is 11.9 Å². The van der Waals surface area contributed by atoms with Crippen LogP contribution in [0.2, 0.25) is 0 Å². The summed E-state index contributed by atoms with van der Waals surface area (Å²) >= 11 is 0. The summed E-state index contributed by atoms with van der Waals surface area (Å²) in [6, 6.07) is -0.538. The Morgan fingerprint density at radius 1 is 0.333 bits per heavy atom. The molecule has 3 N–H and O–H groups in total. The SMILES string of the molecule is CCCCCCCCCCCCCCCCCCC(O)C(CO)NC(=O)CCCCCCCCCCCCCCCCCCCCCCCCCCCCCOC(=O)CCCCCCCCCCCCCC. The summed E-state index contributed by atoms with van der Waals surface area (Å²) in [6.07, 6.45) is 74.2. The third kappa shape index (κ3) is 58.1. The summed E-state index contributed by atoms with van der Waals surface area (Å²) in [6.45, 7) is 4.99. The number of ether oxygens (including phenoxy) is 1. The van der Waals surface area contributed by atoms with Crippen molar-refractivity contribution in [2.45, 2.75) is 398 Å². The number of nitrogens with one attached hydrogen (secondary N) is 1. The Bertz CT molecular complexity index is 1040. The van der Waals surface area contributed by atoms with Gasteiger partial charge in [0.15, 0.2) is 0 Å². The lowest BCUT2D eigenvalue weighted by Crippen LogP contribution is -2.45. The fourth-order valence-corrected chi connectivity index (χ4v) is 10.8. The van der Waals surface area contributed by atoms with Gasteiger partial charge < -0.3 is 20.3 Å². The number of aliphatic hydroxyl groups is 2. The smallest absolute Gasteiger partial charge is 0.305 e. The number of unbranched alkanes of at least 4 members (excludes halogenated alkanes) is 52. The molecule has 0 aromatic heterocycles. The van der Waals surface area contributed by atoms with Crippen LogP contribution < -0.4 is 5.32 Å². The highest BCUT2D eigenvalue weighted by Gasteiger charge is 2.20. The number of rotatable bonds is 63. The Balaban J connectivity index is 3.33. The van der Waals surface area contributed by atoms with Gasteiger partial charge in [0.2, 0.25) is 5.91 Å². The van der Waals surface area contributed by atoms with Gasteiger partial charge in [0, 0.05) is 12.8 Å². The molecule has 2 atom stereocenters. The summed E-state index contributed by atoms with van der Waals surface area (Å²) in [5.74, 6) is -0.00861. The van der Waals surface area contributed by atoms with E-state index in [0.717, 1.165) is 38.5 Å². The number of aliphatic hydroxyl groups excluding tert-OH is 2. The summed E-state index contributed by atoms with van der Waals surface area (Å²) in [4.78, 5) is 24.5. The first-order valence-electron chi connectivity index (χ1n) is 33.3. The number of amides is 1. The van der Waals surface area contributed by atoms with Crippen LogP contribution in [-0.2, 0) is 14.3 Å². The second kappa shape index (κ2) is 62.4. The quantitative estimate of drug-likeness (QED) is 0.0417. The predicted molar refractivity (Wildman–Crippen MR) is 315 cm³/mol. The van der Waals surface area contributed by atoms with E-state index in [2.05, 4.69) is 19.2 Å². The molecule has 6 nitrogen and oxygen atoms in total. The molecule has 0 heterocycles. The number of hydrogen-bond acceptors (Lipinski definition) is 5. The summed E-state index contributed by atoms with van der Waals surface area (Å²) in [5, 5.41) is 23.3. The van der Waals surface area contributed by atoms with E-state index in [1.165, 1.54) is 315 Å². The van der Waals surface area contributed by atoms with E-state index >= 15 is 0 Å². The van der Waals surface area contributed by atoms with Gasteiger partial charge in [0.1, 0.15) is 0 Å². The van der Waals surface area contributed by atoms with Crippen molar-refractivity contribution in [3.05, 3.63) is 0 Å². The zero-order valence-corrected chi connectivity index (χ0v) is 49.2. The van der Waals surface area contributed by atoms with E-state index in [1.807, 2.05) is 0 Å². The van der Waals surface area contributed by atoms with Gasteiger partial charge >= 0.3 is 5.97 Å². The minimum atomic E-state index is -0.661. The van der Waals surface area contributed by atoms with E-state index in [9.17, 15) is 19.8 Å². The largest absolute Gasteiger partial charge is 0.466 e. The van der Waals surface area contributed by atoms with Crippen molar-refractivity contribution in [2.75, 3.05) is 13.2 Å². The third-order valence-electron chi connectivity index (χ3n) is 15.9. The molecule has 2 unspecified atom stereocenters. The Hall–Kier alpha value is -1.14. The minimum absolute atomic E-state index is 0.0198. The molecule has 0 aliphatic carbocycles. The lowest BCUT2D eigenvalue weighted by atomic mass is 10.0. The van der Waals surface area contributed by atoms with Crippen molar-refractivity contribution in [3.63, 3.8) is 0 Å². The lowest BCUT2D eigenvalue weighted by molar-refractivity contribution is -0.143. The van der Waals surface area contributed by atoms with Crippen molar-refractivity contribution < 1.29 is 24.5 Å². The molecule has 0 aromatic rings. The Morgan fingerprint density at radius 2 is 0.569 bits per heavy atom. The number of esters is 1. The molecule has 0 rings (SSSR count). The van der Waals surface area contributed by atoms with E-state index in [0.29, 0.717) is 25.9 Å². The first-order chi connectivity index (χ1) is 35.5. The van der Waals surface area contributed by atoms with Gasteiger partial charge in [-0.2, -0.15) is 0 Å². The van der Waals surface area contributed by atoms with Gasteiger partial charge in [-0.25, -0.2) is 0 Å². The molecule has 0 bridgehead atoms. The first kappa shape index (κ1) is 70.9. The molecule has 6 heteroatoms. The van der Waals surface area contributed by atoms with E-state index in [4.69, 9.17) is 4.74 Å². The Morgan fingerprint density at radius 3 is 0.847 bits per heavy atom. The summed E-state index contributed by atoms with van der Waals surface area (Å²) < 4.78 is 5.48. The average molecular weight is 1020 g/mol. The molecule has 1 amide bonds. The molecule has 0 aromatic carbocycles. The zero-order valence-electron chi connectivity index (χ0n) is 49.2. The molecule has 0 fully saturated rings. The average Bonchev–Trinajstić information content (AvgIpc) is 3.38. The van der Waals surface area contributed by atoms with Crippen LogP contribution in [-0.4, -0.2) is 47.4 Å². The number of carbonyl (C=O) groups is 2. The molecule has 0 saturated carbocycles. The zero-order chi connectivity index (χ0) is 52.2. The van der Waals surface area contributed by atoms with Gasteiger partial charge in [0.25, 0.3) is 0 Å². The van der Waals surface area contributed by atoms with Crippen LogP contribution in [0.25, 0.3) is 0 Å². The van der Waals surface area contributed by atoms with Crippen LogP contribution in [0.1, 0.15) is 386 Å². The van der Waals surface area contributed by atoms with Crippen molar-refractivity contribution in [1.29, 1.82) is 0 Å². The van der Waals surface area contributed by atoms with Crippen LogP contribution in [0, 0.1) is 0 Å². The molecular formula is C66H131NO5. The van der Waals surface area contributed by atoms with Crippen LogP contribution in [0.3, 0.4) is 0 Å². The summed E-state index contributed by atoms with van der Waals surface area (Å²) in [5.41, 5.74) is 0. The highest BCUT2D eigenvalue weighted by Crippen LogP contribution is 2.19. The Kier molecular flexibility index (Phi) is 61.4. The van der Waals surface area contributed by atoms with Crippen LogP contribution >= 0.6 is 0 Å². The van der Waals surface area contributed by atoms with E-state index in [-0.39, 0.29) is 18.5 Å². The maximum absolute atomic E-state index is 12.5. The highest BCUT2D eigenvalue weighted by atomic mass is 16.5.